The number of hydrogen-bond donors (Lipinski definition) is 0. The van der Waals surface area contributed by atoms with Gasteiger partial charge in [-0.3, -0.25) is 4.79 Å². The predicted molar refractivity (Wildman–Crippen MR) is 120 cm³/mol. The van der Waals surface area contributed by atoms with Gasteiger partial charge >= 0.3 is 0 Å². The quantitative estimate of drug-likeness (QED) is 0.355. The number of aromatic nitrogens is 1. The van der Waals surface area contributed by atoms with Gasteiger partial charge in [0.05, 0.1) is 0 Å². The molecule has 0 aliphatic heterocycles. The molecule has 0 saturated heterocycles. The van der Waals surface area contributed by atoms with Gasteiger partial charge in [0, 0.05) is 35.3 Å². The van der Waals surface area contributed by atoms with E-state index >= 15 is 0 Å². The van der Waals surface area contributed by atoms with Crippen molar-refractivity contribution < 1.29 is 4.79 Å². The van der Waals surface area contributed by atoms with Crippen LogP contribution in [0.1, 0.15) is 52.9 Å². The highest BCUT2D eigenvalue weighted by molar-refractivity contribution is 5.96. The van der Waals surface area contributed by atoms with Gasteiger partial charge in [0.25, 0.3) is 0 Å². The van der Waals surface area contributed by atoms with Crippen molar-refractivity contribution in [3.63, 3.8) is 0 Å². The third-order valence-corrected chi connectivity index (χ3v) is 5.89. The second-order valence-corrected chi connectivity index (χ2v) is 8.37. The second-order valence-electron chi connectivity index (χ2n) is 8.37. The van der Waals surface area contributed by atoms with E-state index in [9.17, 15) is 4.79 Å². The summed E-state index contributed by atoms with van der Waals surface area (Å²) in [5, 5.41) is 0. The van der Waals surface area contributed by atoms with Crippen LogP contribution in [-0.4, -0.2) is 10.2 Å². The Balaban J connectivity index is 1.46. The van der Waals surface area contributed by atoms with Crippen LogP contribution >= 0.6 is 0 Å². The Bertz CT molecular complexity index is 1150. The van der Waals surface area contributed by atoms with Gasteiger partial charge < -0.3 is 4.40 Å². The lowest BCUT2D eigenvalue weighted by Crippen LogP contribution is -2.19. The molecule has 0 bridgehead atoms. The van der Waals surface area contributed by atoms with E-state index in [-0.39, 0.29) is 11.2 Å². The smallest absolute Gasteiger partial charge is 0.163 e. The number of carbonyl (C=O) groups excluding carboxylic acids is 1. The lowest BCUT2D eigenvalue weighted by molar-refractivity contribution is 0.0983. The van der Waals surface area contributed by atoms with Crippen molar-refractivity contribution in [2.45, 2.75) is 39.0 Å². The van der Waals surface area contributed by atoms with Gasteiger partial charge in [-0.15, -0.1) is 0 Å². The first-order chi connectivity index (χ1) is 13.9. The van der Waals surface area contributed by atoms with Crippen LogP contribution in [0.5, 0.6) is 0 Å². The highest BCUT2D eigenvalue weighted by Gasteiger charge is 2.23. The molecular formula is C27H27NO. The fourth-order valence-electron chi connectivity index (χ4n) is 3.90. The van der Waals surface area contributed by atoms with Gasteiger partial charge in [-0.05, 0) is 48.2 Å². The fraction of sp³-hybridized carbons (Fsp3) is 0.222. The van der Waals surface area contributed by atoms with Gasteiger partial charge in [0.1, 0.15) is 0 Å². The van der Waals surface area contributed by atoms with Crippen molar-refractivity contribution in [2.75, 3.05) is 0 Å². The summed E-state index contributed by atoms with van der Waals surface area (Å²) in [7, 11) is 0. The zero-order valence-electron chi connectivity index (χ0n) is 17.4. The van der Waals surface area contributed by atoms with Gasteiger partial charge in [0.15, 0.2) is 5.78 Å². The number of hydrogen-bond acceptors (Lipinski definition) is 1. The van der Waals surface area contributed by atoms with Crippen molar-refractivity contribution in [2.24, 2.45) is 0 Å². The SMILES string of the molecule is Cc1cccc(C(C)(C)c2ccc(C(=O)CCc3ccc4cccn4c3)cc2)c1. The number of ketones is 1. The molecule has 0 saturated carbocycles. The third kappa shape index (κ3) is 4.02. The van der Waals surface area contributed by atoms with E-state index in [1.807, 2.05) is 24.4 Å². The summed E-state index contributed by atoms with van der Waals surface area (Å²) in [4.78, 5) is 12.7. The summed E-state index contributed by atoms with van der Waals surface area (Å²) in [5.74, 6) is 0.192. The van der Waals surface area contributed by atoms with E-state index in [2.05, 4.69) is 86.0 Å². The van der Waals surface area contributed by atoms with Gasteiger partial charge in [-0.1, -0.05) is 74.0 Å². The summed E-state index contributed by atoms with van der Waals surface area (Å²) in [6.07, 6.45) is 5.42. The Morgan fingerprint density at radius 2 is 1.69 bits per heavy atom. The summed E-state index contributed by atoms with van der Waals surface area (Å²) in [5.41, 5.74) is 6.82. The molecule has 29 heavy (non-hydrogen) atoms. The molecule has 0 atom stereocenters. The Hall–Kier alpha value is -3.13. The first kappa shape index (κ1) is 19.2. The molecule has 4 rings (SSSR count). The lowest BCUT2D eigenvalue weighted by atomic mass is 9.77. The maximum atomic E-state index is 12.7. The molecule has 0 N–H and O–H groups in total. The van der Waals surface area contributed by atoms with Crippen molar-refractivity contribution in [3.8, 4) is 0 Å². The number of pyridine rings is 1. The molecule has 0 aliphatic carbocycles. The number of carbonyl (C=O) groups is 1. The van der Waals surface area contributed by atoms with Crippen LogP contribution in [0, 0.1) is 6.92 Å². The van der Waals surface area contributed by atoms with E-state index in [4.69, 9.17) is 0 Å². The molecular weight excluding hydrogens is 354 g/mol. The van der Waals surface area contributed by atoms with E-state index in [0.717, 1.165) is 12.0 Å². The molecule has 0 aliphatic rings. The third-order valence-electron chi connectivity index (χ3n) is 5.89. The van der Waals surface area contributed by atoms with Crippen LogP contribution in [0.2, 0.25) is 0 Å². The van der Waals surface area contributed by atoms with Gasteiger partial charge in [-0.25, -0.2) is 0 Å². The molecule has 146 valence electrons. The van der Waals surface area contributed by atoms with Crippen LogP contribution in [0.25, 0.3) is 5.52 Å². The Labute approximate surface area is 172 Å². The Morgan fingerprint density at radius 3 is 2.45 bits per heavy atom. The molecule has 0 fully saturated rings. The molecule has 2 aromatic heterocycles. The van der Waals surface area contributed by atoms with Gasteiger partial charge in [-0.2, -0.15) is 0 Å². The monoisotopic (exact) mass is 381 g/mol. The maximum Gasteiger partial charge on any atom is 0.163 e. The molecule has 0 amide bonds. The summed E-state index contributed by atoms with van der Waals surface area (Å²) in [6, 6.07) is 25.1. The molecule has 2 aromatic carbocycles. The average Bonchev–Trinajstić information content (AvgIpc) is 3.20. The summed E-state index contributed by atoms with van der Waals surface area (Å²) >= 11 is 0. The Morgan fingerprint density at radius 1 is 0.897 bits per heavy atom. The minimum atomic E-state index is -0.0974. The highest BCUT2D eigenvalue weighted by atomic mass is 16.1. The number of benzene rings is 2. The fourth-order valence-corrected chi connectivity index (χ4v) is 3.90. The van der Waals surface area contributed by atoms with Crippen molar-refractivity contribution >= 4 is 11.3 Å². The molecule has 4 aromatic rings. The maximum absolute atomic E-state index is 12.7. The minimum absolute atomic E-state index is 0.0974. The first-order valence-electron chi connectivity index (χ1n) is 10.2. The molecule has 2 heteroatoms. The predicted octanol–water partition coefficient (Wildman–Crippen LogP) is 6.39. The number of Topliss-reactive ketones (excluding diaryl/α,β-unsaturated/α-hetero) is 1. The number of aryl methyl sites for hydroxylation is 2. The summed E-state index contributed by atoms with van der Waals surface area (Å²) < 4.78 is 2.10. The van der Waals surface area contributed by atoms with E-state index in [0.29, 0.717) is 6.42 Å². The number of nitrogens with zero attached hydrogens (tertiary/aromatic N) is 1. The molecule has 0 spiro atoms. The number of rotatable bonds is 6. The largest absolute Gasteiger partial charge is 0.324 e. The van der Waals surface area contributed by atoms with Crippen LogP contribution < -0.4 is 0 Å². The van der Waals surface area contributed by atoms with E-state index < -0.39 is 0 Å². The topological polar surface area (TPSA) is 21.5 Å². The van der Waals surface area contributed by atoms with E-state index in [1.165, 1.54) is 27.8 Å². The lowest BCUT2D eigenvalue weighted by Gasteiger charge is -2.26. The Kier molecular flexibility index (Phi) is 5.10. The molecule has 2 heterocycles. The second kappa shape index (κ2) is 7.71. The number of fused-ring (bicyclic) bond motifs is 1. The van der Waals surface area contributed by atoms with Crippen molar-refractivity contribution in [1.29, 1.82) is 0 Å². The van der Waals surface area contributed by atoms with Crippen LogP contribution in [0.15, 0.2) is 85.2 Å². The van der Waals surface area contributed by atoms with Gasteiger partial charge in [0.2, 0.25) is 0 Å². The van der Waals surface area contributed by atoms with Crippen LogP contribution in [0.4, 0.5) is 0 Å². The average molecular weight is 382 g/mol. The molecule has 2 nitrogen and oxygen atoms in total. The minimum Gasteiger partial charge on any atom is -0.324 e. The highest BCUT2D eigenvalue weighted by Crippen LogP contribution is 2.32. The molecule has 0 radical (unpaired) electrons. The zero-order valence-corrected chi connectivity index (χ0v) is 17.4. The normalized spacial score (nSPS) is 11.7. The zero-order chi connectivity index (χ0) is 20.4. The van der Waals surface area contributed by atoms with Crippen LogP contribution in [0.3, 0.4) is 0 Å². The van der Waals surface area contributed by atoms with Crippen molar-refractivity contribution in [1.82, 2.24) is 4.40 Å². The summed E-state index contributed by atoms with van der Waals surface area (Å²) in [6.45, 7) is 6.58. The van der Waals surface area contributed by atoms with Crippen LogP contribution in [-0.2, 0) is 11.8 Å². The molecule has 0 unspecified atom stereocenters. The van der Waals surface area contributed by atoms with E-state index in [1.54, 1.807) is 0 Å². The first-order valence-corrected chi connectivity index (χ1v) is 10.2. The van der Waals surface area contributed by atoms with Crippen molar-refractivity contribution in [3.05, 3.63) is 113 Å². The standard InChI is InChI=1S/C27H27NO/c1-20-6-4-7-24(18-20)27(2,3)23-13-11-22(12-14-23)26(29)16-10-21-9-15-25-8-5-17-28(25)19-21/h4-9,11-15,17-19H,10,16H2,1-3H3.